The molecule has 1 heterocycles. The van der Waals surface area contributed by atoms with Gasteiger partial charge in [-0.2, -0.15) is 0 Å². The molecule has 0 aliphatic heterocycles. The Bertz CT molecular complexity index is 275. The fraction of sp³-hybridized carbons (Fsp3) is 0.600. The Morgan fingerprint density at radius 2 is 2.36 bits per heavy atom. The van der Waals surface area contributed by atoms with Crippen molar-refractivity contribution in [2.45, 2.75) is 32.9 Å². The minimum Gasteiger partial charge on any atom is -0.377 e. The second-order valence-electron chi connectivity index (χ2n) is 3.24. The normalized spacial score (nSPS) is 15.4. The summed E-state index contributed by atoms with van der Waals surface area (Å²) in [4.78, 5) is 1.29. The summed E-state index contributed by atoms with van der Waals surface area (Å²) >= 11 is 1.73. The predicted octanol–water partition coefficient (Wildman–Crippen LogP) is 1.99. The van der Waals surface area contributed by atoms with Crippen LogP contribution in [0.1, 0.15) is 30.3 Å². The van der Waals surface area contributed by atoms with Gasteiger partial charge in [0.05, 0.1) is 12.1 Å². The van der Waals surface area contributed by atoms with Crippen LogP contribution in [0.2, 0.25) is 0 Å². The lowest BCUT2D eigenvalue weighted by molar-refractivity contribution is 0.0472. The van der Waals surface area contributed by atoms with Gasteiger partial charge in [-0.05, 0) is 37.8 Å². The van der Waals surface area contributed by atoms with Gasteiger partial charge in [-0.25, -0.2) is 0 Å². The average molecular weight is 214 g/mol. The van der Waals surface area contributed by atoms with Crippen LogP contribution < -0.4 is 11.3 Å². The number of hydrazine groups is 1. The third-order valence-electron chi connectivity index (χ3n) is 2.31. The number of aryl methyl sites for hydroxylation is 1. The van der Waals surface area contributed by atoms with Crippen LogP contribution in [0, 0.1) is 6.92 Å². The molecule has 3 nitrogen and oxygen atoms in total. The van der Waals surface area contributed by atoms with Gasteiger partial charge >= 0.3 is 0 Å². The predicted molar refractivity (Wildman–Crippen MR) is 60.2 cm³/mol. The first-order chi connectivity index (χ1) is 6.70. The first-order valence-electron chi connectivity index (χ1n) is 4.82. The highest BCUT2D eigenvalue weighted by molar-refractivity contribution is 7.10. The first kappa shape index (κ1) is 11.7. The molecule has 0 spiro atoms. The van der Waals surface area contributed by atoms with Crippen LogP contribution in [0.3, 0.4) is 0 Å². The molecule has 1 aromatic rings. The number of ether oxygens (including phenoxy) is 1. The smallest absolute Gasteiger partial charge is 0.0754 e. The molecule has 0 fully saturated rings. The highest BCUT2D eigenvalue weighted by Crippen LogP contribution is 2.25. The van der Waals surface area contributed by atoms with Gasteiger partial charge in [0.1, 0.15) is 0 Å². The second kappa shape index (κ2) is 5.46. The Morgan fingerprint density at radius 3 is 2.79 bits per heavy atom. The Labute approximate surface area is 89.2 Å². The molecule has 14 heavy (non-hydrogen) atoms. The minimum atomic E-state index is 0.0844. The van der Waals surface area contributed by atoms with Crippen LogP contribution in [-0.4, -0.2) is 12.7 Å². The molecular weight excluding hydrogens is 196 g/mol. The van der Waals surface area contributed by atoms with Crippen molar-refractivity contribution in [1.82, 2.24) is 5.43 Å². The molecule has 0 aliphatic rings. The van der Waals surface area contributed by atoms with E-state index < -0.39 is 0 Å². The van der Waals surface area contributed by atoms with Gasteiger partial charge in [0.15, 0.2) is 0 Å². The summed E-state index contributed by atoms with van der Waals surface area (Å²) in [5.41, 5.74) is 4.05. The molecule has 80 valence electrons. The third-order valence-corrected chi connectivity index (χ3v) is 3.17. The average Bonchev–Trinajstić information content (AvgIpc) is 2.54. The fourth-order valence-electron chi connectivity index (χ4n) is 1.55. The summed E-state index contributed by atoms with van der Waals surface area (Å²) < 4.78 is 5.54. The monoisotopic (exact) mass is 214 g/mol. The molecule has 1 aromatic heterocycles. The Hall–Kier alpha value is -0.420. The van der Waals surface area contributed by atoms with Crippen LogP contribution in [-0.2, 0) is 4.74 Å². The van der Waals surface area contributed by atoms with Crippen molar-refractivity contribution >= 4 is 11.3 Å². The minimum absolute atomic E-state index is 0.0844. The topological polar surface area (TPSA) is 47.3 Å². The van der Waals surface area contributed by atoms with E-state index in [4.69, 9.17) is 10.6 Å². The summed E-state index contributed by atoms with van der Waals surface area (Å²) in [6, 6.07) is 2.18. The van der Waals surface area contributed by atoms with Crippen molar-refractivity contribution in [3.05, 3.63) is 21.9 Å². The molecule has 0 amide bonds. The summed E-state index contributed by atoms with van der Waals surface area (Å²) in [5.74, 6) is 5.54. The third kappa shape index (κ3) is 2.54. The first-order valence-corrected chi connectivity index (χ1v) is 5.70. The van der Waals surface area contributed by atoms with Crippen LogP contribution in [0.5, 0.6) is 0 Å². The van der Waals surface area contributed by atoms with Gasteiger partial charge in [-0.15, -0.1) is 11.3 Å². The molecular formula is C10H18N2OS. The molecule has 0 bridgehead atoms. The van der Waals surface area contributed by atoms with E-state index in [2.05, 4.69) is 23.8 Å². The van der Waals surface area contributed by atoms with E-state index in [1.165, 1.54) is 10.4 Å². The highest BCUT2D eigenvalue weighted by Gasteiger charge is 2.20. The molecule has 3 N–H and O–H groups in total. The van der Waals surface area contributed by atoms with Gasteiger partial charge in [0, 0.05) is 11.5 Å². The Balaban J connectivity index is 2.76. The van der Waals surface area contributed by atoms with Crippen molar-refractivity contribution in [3.8, 4) is 0 Å². The van der Waals surface area contributed by atoms with Crippen molar-refractivity contribution in [3.63, 3.8) is 0 Å². The van der Waals surface area contributed by atoms with Crippen LogP contribution in [0.4, 0.5) is 0 Å². The van der Waals surface area contributed by atoms with E-state index in [0.717, 1.165) is 0 Å². The quantitative estimate of drug-likeness (QED) is 0.582. The number of nitrogens with one attached hydrogen (secondary N) is 1. The maximum Gasteiger partial charge on any atom is 0.0754 e. The molecule has 0 saturated carbocycles. The van der Waals surface area contributed by atoms with Gasteiger partial charge in [-0.1, -0.05) is 0 Å². The number of hydrogen-bond donors (Lipinski definition) is 2. The molecule has 4 heteroatoms. The van der Waals surface area contributed by atoms with E-state index >= 15 is 0 Å². The SMILES string of the molecule is CCOC(C)C(NN)c1ccsc1C. The van der Waals surface area contributed by atoms with Crippen LogP contribution >= 0.6 is 11.3 Å². The van der Waals surface area contributed by atoms with Gasteiger partial charge in [0.25, 0.3) is 0 Å². The van der Waals surface area contributed by atoms with E-state index in [1.807, 2.05) is 13.8 Å². The lowest BCUT2D eigenvalue weighted by atomic mass is 10.0. The zero-order valence-electron chi connectivity index (χ0n) is 8.91. The van der Waals surface area contributed by atoms with Crippen molar-refractivity contribution in [2.24, 2.45) is 5.84 Å². The van der Waals surface area contributed by atoms with E-state index in [-0.39, 0.29) is 12.1 Å². The van der Waals surface area contributed by atoms with Gasteiger partial charge < -0.3 is 4.74 Å². The molecule has 0 aromatic carbocycles. The lowest BCUT2D eigenvalue weighted by Crippen LogP contribution is -2.36. The van der Waals surface area contributed by atoms with E-state index in [0.29, 0.717) is 6.61 Å². The standard InChI is InChI=1S/C10H18N2OS/c1-4-13-7(2)10(12-11)9-5-6-14-8(9)3/h5-7,10,12H,4,11H2,1-3H3. The summed E-state index contributed by atoms with van der Waals surface area (Å²) in [6.45, 7) is 6.83. The summed E-state index contributed by atoms with van der Waals surface area (Å²) in [5, 5.41) is 2.08. The van der Waals surface area contributed by atoms with Crippen molar-refractivity contribution < 1.29 is 4.74 Å². The number of nitrogens with two attached hydrogens (primary N) is 1. The van der Waals surface area contributed by atoms with Gasteiger partial charge in [0.2, 0.25) is 0 Å². The van der Waals surface area contributed by atoms with Crippen LogP contribution in [0.15, 0.2) is 11.4 Å². The number of rotatable bonds is 5. The zero-order valence-corrected chi connectivity index (χ0v) is 9.73. The molecule has 0 aliphatic carbocycles. The Morgan fingerprint density at radius 1 is 1.64 bits per heavy atom. The van der Waals surface area contributed by atoms with E-state index in [9.17, 15) is 0 Å². The van der Waals surface area contributed by atoms with Crippen molar-refractivity contribution in [2.75, 3.05) is 6.61 Å². The Kier molecular flexibility index (Phi) is 4.54. The number of thiophene rings is 1. The van der Waals surface area contributed by atoms with Crippen molar-refractivity contribution in [1.29, 1.82) is 0 Å². The maximum absolute atomic E-state index is 5.54. The number of hydrogen-bond acceptors (Lipinski definition) is 4. The largest absolute Gasteiger partial charge is 0.377 e. The lowest BCUT2D eigenvalue weighted by Gasteiger charge is -2.23. The molecule has 1 rings (SSSR count). The fourth-order valence-corrected chi connectivity index (χ4v) is 2.30. The van der Waals surface area contributed by atoms with Gasteiger partial charge in [-0.3, -0.25) is 11.3 Å². The molecule has 2 unspecified atom stereocenters. The second-order valence-corrected chi connectivity index (χ2v) is 4.36. The maximum atomic E-state index is 5.54. The molecule has 2 atom stereocenters. The van der Waals surface area contributed by atoms with E-state index in [1.54, 1.807) is 11.3 Å². The highest BCUT2D eigenvalue weighted by atomic mass is 32.1. The molecule has 0 saturated heterocycles. The zero-order chi connectivity index (χ0) is 10.6. The van der Waals surface area contributed by atoms with Crippen LogP contribution in [0.25, 0.3) is 0 Å². The summed E-state index contributed by atoms with van der Waals surface area (Å²) in [6.07, 6.45) is 0.0956. The molecule has 0 radical (unpaired) electrons. The summed E-state index contributed by atoms with van der Waals surface area (Å²) in [7, 11) is 0.